The van der Waals surface area contributed by atoms with Gasteiger partial charge in [-0.3, -0.25) is 14.5 Å². The van der Waals surface area contributed by atoms with E-state index in [-0.39, 0.29) is 18.2 Å². The molecule has 0 aromatic heterocycles. The van der Waals surface area contributed by atoms with Gasteiger partial charge in [0.05, 0.1) is 13.2 Å². The van der Waals surface area contributed by atoms with E-state index in [0.717, 1.165) is 25.9 Å². The number of carboxylic acids is 1. The average Bonchev–Trinajstić information content (AvgIpc) is 2.31. The van der Waals surface area contributed by atoms with Crippen molar-refractivity contribution < 1.29 is 19.4 Å². The van der Waals surface area contributed by atoms with Gasteiger partial charge in [-0.25, -0.2) is 0 Å². The number of amides is 1. The zero-order valence-electron chi connectivity index (χ0n) is 10.9. The number of likely N-dealkylation sites (tertiary alicyclic amines) is 1. The summed E-state index contributed by atoms with van der Waals surface area (Å²) in [6, 6.07) is 0. The quantitative estimate of drug-likeness (QED) is 0.625. The number of rotatable bonds is 7. The number of aliphatic carboxylic acids is 1. The largest absolute Gasteiger partial charge is 0.481 e. The Morgan fingerprint density at radius 2 is 2.06 bits per heavy atom. The number of carboxylic acid groups (broad SMARTS) is 1. The molecule has 2 N–H and O–H groups in total. The van der Waals surface area contributed by atoms with Crippen molar-refractivity contribution in [1.82, 2.24) is 10.2 Å². The third-order valence-electron chi connectivity index (χ3n) is 3.17. The Hall–Kier alpha value is -1.14. The summed E-state index contributed by atoms with van der Waals surface area (Å²) in [6.07, 6.45) is 1.96. The molecule has 1 saturated heterocycles. The topological polar surface area (TPSA) is 78.9 Å². The van der Waals surface area contributed by atoms with Gasteiger partial charge in [0.1, 0.15) is 0 Å². The van der Waals surface area contributed by atoms with E-state index in [1.54, 1.807) is 7.11 Å². The number of ether oxygens (including phenoxy) is 1. The minimum atomic E-state index is -0.731. The van der Waals surface area contributed by atoms with E-state index in [0.29, 0.717) is 19.7 Å². The molecule has 1 amide bonds. The molecule has 1 aliphatic rings. The van der Waals surface area contributed by atoms with Crippen LogP contribution in [-0.4, -0.2) is 61.8 Å². The van der Waals surface area contributed by atoms with Gasteiger partial charge in [0.25, 0.3) is 0 Å². The normalized spacial score (nSPS) is 17.6. The van der Waals surface area contributed by atoms with Crippen LogP contribution in [0.4, 0.5) is 0 Å². The standard InChI is InChI=1S/C12H22N2O4/c1-18-7-4-13-11(15)9-14-5-2-10(3-6-14)8-12(16)17/h10H,2-9H2,1H3,(H,13,15)(H,16,17). The van der Waals surface area contributed by atoms with Gasteiger partial charge in [0, 0.05) is 20.1 Å². The zero-order valence-corrected chi connectivity index (χ0v) is 10.9. The highest BCUT2D eigenvalue weighted by Gasteiger charge is 2.22. The second kappa shape index (κ2) is 8.05. The van der Waals surface area contributed by atoms with Crippen LogP contribution < -0.4 is 5.32 Å². The molecular formula is C12H22N2O4. The first-order chi connectivity index (χ1) is 8.61. The van der Waals surface area contributed by atoms with Crippen LogP contribution >= 0.6 is 0 Å². The SMILES string of the molecule is COCCNC(=O)CN1CCC(CC(=O)O)CC1. The van der Waals surface area contributed by atoms with Crippen LogP contribution in [0.25, 0.3) is 0 Å². The molecule has 1 heterocycles. The highest BCUT2D eigenvalue weighted by molar-refractivity contribution is 5.78. The minimum absolute atomic E-state index is 0.00346. The summed E-state index contributed by atoms with van der Waals surface area (Å²) in [7, 11) is 1.60. The lowest BCUT2D eigenvalue weighted by atomic mass is 9.94. The molecule has 1 aliphatic heterocycles. The molecule has 0 aromatic carbocycles. The third-order valence-corrected chi connectivity index (χ3v) is 3.17. The fourth-order valence-electron chi connectivity index (χ4n) is 2.15. The number of hydrogen-bond acceptors (Lipinski definition) is 4. The molecule has 1 rings (SSSR count). The van der Waals surface area contributed by atoms with Crippen molar-refractivity contribution >= 4 is 11.9 Å². The average molecular weight is 258 g/mol. The molecule has 18 heavy (non-hydrogen) atoms. The van der Waals surface area contributed by atoms with Crippen molar-refractivity contribution in [3.05, 3.63) is 0 Å². The van der Waals surface area contributed by atoms with Crippen molar-refractivity contribution in [2.75, 3.05) is 39.9 Å². The Kier molecular flexibility index (Phi) is 6.67. The number of piperidine rings is 1. The van der Waals surface area contributed by atoms with E-state index in [2.05, 4.69) is 10.2 Å². The molecule has 0 saturated carbocycles. The lowest BCUT2D eigenvalue weighted by Gasteiger charge is -2.30. The maximum Gasteiger partial charge on any atom is 0.303 e. The number of carbonyl (C=O) groups excluding carboxylic acids is 1. The predicted molar refractivity (Wildman–Crippen MR) is 66.3 cm³/mol. The first-order valence-corrected chi connectivity index (χ1v) is 6.31. The van der Waals surface area contributed by atoms with E-state index in [1.165, 1.54) is 0 Å². The van der Waals surface area contributed by atoms with E-state index in [9.17, 15) is 9.59 Å². The minimum Gasteiger partial charge on any atom is -0.481 e. The molecular weight excluding hydrogens is 236 g/mol. The summed E-state index contributed by atoms with van der Waals surface area (Å²) in [5.74, 6) is -0.468. The Morgan fingerprint density at radius 3 is 2.61 bits per heavy atom. The smallest absolute Gasteiger partial charge is 0.303 e. The van der Waals surface area contributed by atoms with Gasteiger partial charge in [-0.2, -0.15) is 0 Å². The second-order valence-corrected chi connectivity index (χ2v) is 4.66. The van der Waals surface area contributed by atoms with Gasteiger partial charge in [-0.1, -0.05) is 0 Å². The van der Waals surface area contributed by atoms with Gasteiger partial charge < -0.3 is 15.2 Å². The van der Waals surface area contributed by atoms with Gasteiger partial charge >= 0.3 is 5.97 Å². The Balaban J connectivity index is 2.14. The number of methoxy groups -OCH3 is 1. The molecule has 0 atom stereocenters. The molecule has 0 unspecified atom stereocenters. The molecule has 0 aliphatic carbocycles. The van der Waals surface area contributed by atoms with E-state index < -0.39 is 5.97 Å². The van der Waals surface area contributed by atoms with Crippen molar-refractivity contribution in [2.45, 2.75) is 19.3 Å². The fraction of sp³-hybridized carbons (Fsp3) is 0.833. The second-order valence-electron chi connectivity index (χ2n) is 4.66. The van der Waals surface area contributed by atoms with Crippen LogP contribution in [0, 0.1) is 5.92 Å². The first-order valence-electron chi connectivity index (χ1n) is 6.31. The summed E-state index contributed by atoms with van der Waals surface area (Å²) in [4.78, 5) is 24.2. The predicted octanol–water partition coefficient (Wildman–Crippen LogP) is -0.0643. The van der Waals surface area contributed by atoms with Gasteiger partial charge in [0.2, 0.25) is 5.91 Å². The number of carbonyl (C=O) groups is 2. The number of hydrogen-bond donors (Lipinski definition) is 2. The van der Waals surface area contributed by atoms with Gasteiger partial charge in [0.15, 0.2) is 0 Å². The molecule has 1 fully saturated rings. The van der Waals surface area contributed by atoms with E-state index in [4.69, 9.17) is 9.84 Å². The van der Waals surface area contributed by atoms with Crippen LogP contribution in [0.15, 0.2) is 0 Å². The summed E-state index contributed by atoms with van der Waals surface area (Å²) in [6.45, 7) is 3.05. The number of nitrogens with zero attached hydrogens (tertiary/aromatic N) is 1. The van der Waals surface area contributed by atoms with Crippen molar-refractivity contribution in [3.8, 4) is 0 Å². The Morgan fingerprint density at radius 1 is 1.39 bits per heavy atom. The highest BCUT2D eigenvalue weighted by atomic mass is 16.5. The zero-order chi connectivity index (χ0) is 13.4. The van der Waals surface area contributed by atoms with Gasteiger partial charge in [-0.05, 0) is 31.8 Å². The summed E-state index contributed by atoms with van der Waals surface area (Å²) in [5, 5.41) is 11.5. The maximum absolute atomic E-state index is 11.5. The Labute approximate surface area is 107 Å². The van der Waals surface area contributed by atoms with E-state index in [1.807, 2.05) is 0 Å². The van der Waals surface area contributed by atoms with Gasteiger partial charge in [-0.15, -0.1) is 0 Å². The maximum atomic E-state index is 11.5. The molecule has 0 spiro atoms. The van der Waals surface area contributed by atoms with Crippen LogP contribution in [0.3, 0.4) is 0 Å². The summed E-state index contributed by atoms with van der Waals surface area (Å²) in [5.41, 5.74) is 0. The molecule has 6 nitrogen and oxygen atoms in total. The van der Waals surface area contributed by atoms with Crippen molar-refractivity contribution in [3.63, 3.8) is 0 Å². The lowest BCUT2D eigenvalue weighted by molar-refractivity contribution is -0.138. The third kappa shape index (κ3) is 5.97. The van der Waals surface area contributed by atoms with E-state index >= 15 is 0 Å². The molecule has 0 radical (unpaired) electrons. The molecule has 104 valence electrons. The number of nitrogens with one attached hydrogen (secondary N) is 1. The van der Waals surface area contributed by atoms with Crippen LogP contribution in [0.5, 0.6) is 0 Å². The monoisotopic (exact) mass is 258 g/mol. The molecule has 0 aromatic rings. The summed E-state index contributed by atoms with van der Waals surface area (Å²) >= 11 is 0. The van der Waals surface area contributed by atoms with Crippen LogP contribution in [0.1, 0.15) is 19.3 Å². The lowest BCUT2D eigenvalue weighted by Crippen LogP contribution is -2.42. The first kappa shape index (κ1) is 14.9. The fourth-order valence-corrected chi connectivity index (χ4v) is 2.15. The molecule has 0 bridgehead atoms. The van der Waals surface area contributed by atoms with Crippen LogP contribution in [0.2, 0.25) is 0 Å². The highest BCUT2D eigenvalue weighted by Crippen LogP contribution is 2.19. The summed E-state index contributed by atoms with van der Waals surface area (Å²) < 4.78 is 4.85. The Bertz CT molecular complexity index is 275. The van der Waals surface area contributed by atoms with Crippen molar-refractivity contribution in [2.24, 2.45) is 5.92 Å². The van der Waals surface area contributed by atoms with Crippen LogP contribution in [-0.2, 0) is 14.3 Å². The molecule has 6 heteroatoms. The van der Waals surface area contributed by atoms with Crippen molar-refractivity contribution in [1.29, 1.82) is 0 Å².